The zero-order valence-corrected chi connectivity index (χ0v) is 25.9. The van der Waals surface area contributed by atoms with Gasteiger partial charge in [-0.05, 0) is 63.9 Å². The number of aryl methyl sites for hydroxylation is 1. The molecule has 1 saturated heterocycles. The van der Waals surface area contributed by atoms with Gasteiger partial charge in [0.25, 0.3) is 22.2 Å². The summed E-state index contributed by atoms with van der Waals surface area (Å²) in [4.78, 5) is 28.9. The maximum Gasteiger partial charge on any atom is 0.511 e. The highest BCUT2D eigenvalue weighted by atomic mass is 32.2. The maximum absolute atomic E-state index is 13.5. The van der Waals surface area contributed by atoms with Gasteiger partial charge in [0, 0.05) is 12.5 Å². The predicted octanol–water partition coefficient (Wildman–Crippen LogP) is 4.85. The third kappa shape index (κ3) is 8.23. The Labute approximate surface area is 261 Å². The van der Waals surface area contributed by atoms with Crippen molar-refractivity contribution in [2.45, 2.75) is 70.0 Å². The first-order valence-corrected chi connectivity index (χ1v) is 15.4. The van der Waals surface area contributed by atoms with Crippen molar-refractivity contribution in [2.75, 3.05) is 6.54 Å². The lowest BCUT2D eigenvalue weighted by Gasteiger charge is -2.20. The molecular weight excluding hydrogens is 637 g/mol. The van der Waals surface area contributed by atoms with Crippen molar-refractivity contribution in [1.82, 2.24) is 19.5 Å². The monoisotopic (exact) mass is 668 g/mol. The van der Waals surface area contributed by atoms with Gasteiger partial charge in [0.05, 0.1) is 33.9 Å². The molecule has 3 aromatic rings. The van der Waals surface area contributed by atoms with E-state index in [4.69, 9.17) is 14.3 Å². The Kier molecular flexibility index (Phi) is 10.1. The fraction of sp³-hybridized carbons (Fsp3) is 0.393. The van der Waals surface area contributed by atoms with Crippen LogP contribution >= 0.6 is 0 Å². The lowest BCUT2D eigenvalue weighted by molar-refractivity contribution is -0.713. The number of nitrogens with zero attached hydrogens (tertiary/aromatic N) is 5. The van der Waals surface area contributed by atoms with Crippen molar-refractivity contribution in [3.63, 3.8) is 0 Å². The highest BCUT2D eigenvalue weighted by Gasteiger charge is 2.39. The van der Waals surface area contributed by atoms with Crippen LogP contribution in [0.15, 0.2) is 64.8 Å². The molecule has 18 heteroatoms. The van der Waals surface area contributed by atoms with Crippen molar-refractivity contribution in [3.05, 3.63) is 71.1 Å². The number of nitrogens with one attached hydrogen (secondary N) is 1. The Hall–Kier alpha value is -4.87. The molecule has 1 unspecified atom stereocenters. The number of halogens is 3. The lowest BCUT2D eigenvalue weighted by Crippen LogP contribution is -2.47. The van der Waals surface area contributed by atoms with Crippen molar-refractivity contribution in [3.8, 4) is 16.9 Å². The van der Waals surface area contributed by atoms with Gasteiger partial charge in [-0.1, -0.05) is 29.8 Å². The first kappa shape index (κ1) is 34.0. The number of hydrazine groups is 1. The molecule has 0 aliphatic carbocycles. The van der Waals surface area contributed by atoms with Crippen LogP contribution in [-0.2, 0) is 35.3 Å². The average Bonchev–Trinajstić information content (AvgIpc) is 3.64. The molecular formula is C28H31F3N6O8S. The summed E-state index contributed by atoms with van der Waals surface area (Å²) < 4.78 is 79.2. The van der Waals surface area contributed by atoms with Crippen LogP contribution in [0.5, 0.6) is 0 Å². The molecule has 1 N–H and O–H groups in total. The summed E-state index contributed by atoms with van der Waals surface area (Å²) in [6, 6.07) is 11.1. The Balaban J connectivity index is 1.47. The first-order valence-electron chi connectivity index (χ1n) is 13.9. The molecule has 1 aromatic heterocycles. The van der Waals surface area contributed by atoms with Gasteiger partial charge in [-0.2, -0.15) is 18.3 Å². The number of ether oxygens (including phenoxy) is 2. The Morgan fingerprint density at radius 1 is 1.09 bits per heavy atom. The fourth-order valence-corrected chi connectivity index (χ4v) is 5.44. The first-order chi connectivity index (χ1) is 21.5. The second kappa shape index (κ2) is 13.6. The number of alkyl halides is 3. The summed E-state index contributed by atoms with van der Waals surface area (Å²) in [5.74, 6) is -1.02. The molecule has 0 radical (unpaired) electrons. The molecule has 1 amide bonds. The van der Waals surface area contributed by atoms with Crippen molar-refractivity contribution in [2.24, 2.45) is 5.28 Å². The number of carbonyl (C=O) groups is 2. The van der Waals surface area contributed by atoms with Gasteiger partial charge in [-0.15, -0.1) is 5.01 Å². The lowest BCUT2D eigenvalue weighted by atomic mass is 10.1. The fourth-order valence-electron chi connectivity index (χ4n) is 4.43. The quantitative estimate of drug-likeness (QED) is 0.104. The van der Waals surface area contributed by atoms with Gasteiger partial charge in [0.1, 0.15) is 0 Å². The van der Waals surface area contributed by atoms with Crippen LogP contribution in [0.25, 0.3) is 16.9 Å². The number of carbonyl (C=O) groups excluding carboxylic acids is 2. The highest BCUT2D eigenvalue weighted by molar-refractivity contribution is 7.90. The minimum absolute atomic E-state index is 0.0426. The minimum atomic E-state index is -4.72. The SMILES string of the molecule is Cc1ccc(-c2cc(C(F)(F)F)nn2-c2ccc(S(=O)(=O)NC(=O)[C@@H]3CCCN3[N+]([O-])=NOC(C)OC(=O)OC(C)C)cc2)cc1. The van der Waals surface area contributed by atoms with Gasteiger partial charge in [-0.25, -0.2) is 22.6 Å². The molecule has 2 heterocycles. The highest BCUT2D eigenvalue weighted by Crippen LogP contribution is 2.33. The Morgan fingerprint density at radius 3 is 2.35 bits per heavy atom. The number of rotatable bonds is 10. The van der Waals surface area contributed by atoms with E-state index in [0.717, 1.165) is 33.5 Å². The molecule has 2 atom stereocenters. The van der Waals surface area contributed by atoms with E-state index >= 15 is 0 Å². The van der Waals surface area contributed by atoms with Gasteiger partial charge >= 0.3 is 12.3 Å². The van der Waals surface area contributed by atoms with Crippen LogP contribution < -0.4 is 4.72 Å². The smallest absolute Gasteiger partial charge is 0.511 e. The Morgan fingerprint density at radius 2 is 1.74 bits per heavy atom. The van der Waals surface area contributed by atoms with Gasteiger partial charge in [0.15, 0.2) is 11.7 Å². The zero-order chi connectivity index (χ0) is 33.8. The summed E-state index contributed by atoms with van der Waals surface area (Å²) in [6.45, 7) is 6.35. The van der Waals surface area contributed by atoms with E-state index in [-0.39, 0.29) is 34.2 Å². The third-order valence-corrected chi connectivity index (χ3v) is 7.94. The van der Waals surface area contributed by atoms with E-state index in [1.807, 2.05) is 11.6 Å². The minimum Gasteiger partial charge on any atom is -0.569 e. The summed E-state index contributed by atoms with van der Waals surface area (Å²) in [5, 5.41) is 20.4. The standard InChI is InChI=1S/C28H31F3N6O8S/c1-17(2)43-27(39)44-19(4)45-34-37(40)35-15-5-6-23(35)26(38)33-46(41,42)22-13-11-21(12-14-22)36-24(16-25(32-36)28(29,30)31)20-9-7-18(3)8-10-20/h7-14,16-17,19,23H,5-6,15H2,1-4H3,(H,33,38)/t19?,23-/m0/s1. The summed E-state index contributed by atoms with van der Waals surface area (Å²) >= 11 is 0. The molecule has 46 heavy (non-hydrogen) atoms. The molecule has 1 aliphatic rings. The van der Waals surface area contributed by atoms with E-state index in [1.165, 1.54) is 19.1 Å². The van der Waals surface area contributed by atoms with Gasteiger partial charge in [0.2, 0.25) is 5.28 Å². The molecule has 14 nitrogen and oxygen atoms in total. The third-order valence-electron chi connectivity index (χ3n) is 6.58. The van der Waals surface area contributed by atoms with E-state index in [9.17, 15) is 36.4 Å². The van der Waals surface area contributed by atoms with Crippen LogP contribution in [0.3, 0.4) is 0 Å². The number of hydrogen-bond donors (Lipinski definition) is 1. The van der Waals surface area contributed by atoms with Gasteiger partial charge < -0.3 is 14.7 Å². The number of aromatic nitrogens is 2. The summed E-state index contributed by atoms with van der Waals surface area (Å²) in [6.07, 6.45) is -7.07. The molecule has 0 spiro atoms. The largest absolute Gasteiger partial charge is 0.569 e. The van der Waals surface area contributed by atoms with Crippen LogP contribution in [0.4, 0.5) is 18.0 Å². The molecule has 0 bridgehead atoms. The molecule has 1 aliphatic heterocycles. The van der Waals surface area contributed by atoms with E-state index in [1.54, 1.807) is 38.1 Å². The van der Waals surface area contributed by atoms with Crippen LogP contribution in [0.2, 0.25) is 0 Å². The molecule has 0 saturated carbocycles. The van der Waals surface area contributed by atoms with Crippen molar-refractivity contribution < 1.29 is 50.5 Å². The van der Waals surface area contributed by atoms with E-state index in [2.05, 4.69) is 10.4 Å². The summed E-state index contributed by atoms with van der Waals surface area (Å²) in [7, 11) is -4.47. The van der Waals surface area contributed by atoms with E-state index in [0.29, 0.717) is 12.0 Å². The molecule has 248 valence electrons. The van der Waals surface area contributed by atoms with Crippen LogP contribution in [0, 0.1) is 12.1 Å². The zero-order valence-electron chi connectivity index (χ0n) is 25.1. The normalized spacial score (nSPS) is 16.3. The second-order valence-electron chi connectivity index (χ2n) is 10.5. The number of sulfonamides is 1. The van der Waals surface area contributed by atoms with Crippen molar-refractivity contribution >= 4 is 22.1 Å². The number of hydrogen-bond acceptors (Lipinski definition) is 10. The molecule has 4 rings (SSSR count). The Bertz CT molecular complexity index is 1690. The van der Waals surface area contributed by atoms with Crippen LogP contribution in [-0.4, -0.2) is 65.2 Å². The number of amides is 1. The average molecular weight is 669 g/mol. The molecule has 1 fully saturated rings. The second-order valence-corrected chi connectivity index (χ2v) is 12.2. The topological polar surface area (TPSA) is 167 Å². The van der Waals surface area contributed by atoms with Crippen LogP contribution in [0.1, 0.15) is 44.9 Å². The maximum atomic E-state index is 13.5. The number of benzene rings is 2. The predicted molar refractivity (Wildman–Crippen MR) is 153 cm³/mol. The van der Waals surface area contributed by atoms with Gasteiger partial charge in [-0.3, -0.25) is 9.63 Å². The molecule has 2 aromatic carbocycles. The van der Waals surface area contributed by atoms with Crippen molar-refractivity contribution in [1.29, 1.82) is 0 Å². The summed E-state index contributed by atoms with van der Waals surface area (Å²) in [5.41, 5.74) is 0.495. The van der Waals surface area contributed by atoms with E-state index < -0.39 is 52.4 Å².